The van der Waals surface area contributed by atoms with Crippen molar-refractivity contribution in [3.05, 3.63) is 47.8 Å². The first-order chi connectivity index (χ1) is 13.4. The van der Waals surface area contributed by atoms with E-state index < -0.39 is 0 Å². The Kier molecular flexibility index (Phi) is 6.50. The number of piperidine rings is 1. The zero-order valence-electron chi connectivity index (χ0n) is 17.6. The fourth-order valence-electron chi connectivity index (χ4n) is 3.78. The van der Waals surface area contributed by atoms with Crippen molar-refractivity contribution in [2.75, 3.05) is 19.6 Å². The number of nitrogens with zero attached hydrogens (tertiary/aromatic N) is 5. The van der Waals surface area contributed by atoms with Crippen LogP contribution in [-0.4, -0.2) is 56.4 Å². The molecule has 0 spiro atoms. The van der Waals surface area contributed by atoms with Crippen LogP contribution in [0.15, 0.2) is 36.5 Å². The lowest BCUT2D eigenvalue weighted by molar-refractivity contribution is 0.0605. The van der Waals surface area contributed by atoms with Crippen molar-refractivity contribution in [2.45, 2.75) is 65.1 Å². The van der Waals surface area contributed by atoms with Crippen molar-refractivity contribution >= 4 is 5.91 Å². The number of amides is 1. The highest BCUT2D eigenvalue weighted by Gasteiger charge is 2.28. The molecule has 6 nitrogen and oxygen atoms in total. The molecule has 1 aliphatic heterocycles. The van der Waals surface area contributed by atoms with Crippen molar-refractivity contribution in [2.24, 2.45) is 0 Å². The molecule has 2 aromatic rings. The molecule has 28 heavy (non-hydrogen) atoms. The third kappa shape index (κ3) is 4.98. The lowest BCUT2D eigenvalue weighted by Gasteiger charge is -2.38. The van der Waals surface area contributed by atoms with Gasteiger partial charge >= 0.3 is 0 Å². The van der Waals surface area contributed by atoms with E-state index in [1.807, 2.05) is 39.9 Å². The summed E-state index contributed by atoms with van der Waals surface area (Å²) < 4.78 is 1.94. The molecule has 0 atom stereocenters. The summed E-state index contributed by atoms with van der Waals surface area (Å²) in [5.41, 5.74) is 1.75. The van der Waals surface area contributed by atoms with Gasteiger partial charge in [-0.1, -0.05) is 30.3 Å². The largest absolute Gasteiger partial charge is 0.339 e. The van der Waals surface area contributed by atoms with Crippen LogP contribution in [0.25, 0.3) is 0 Å². The second kappa shape index (κ2) is 8.86. The van der Waals surface area contributed by atoms with Gasteiger partial charge in [0.25, 0.3) is 5.91 Å². The summed E-state index contributed by atoms with van der Waals surface area (Å²) >= 11 is 0. The summed E-state index contributed by atoms with van der Waals surface area (Å²) in [5, 5.41) is 8.69. The van der Waals surface area contributed by atoms with Crippen LogP contribution in [0.4, 0.5) is 0 Å². The Morgan fingerprint density at radius 2 is 1.86 bits per heavy atom. The van der Waals surface area contributed by atoms with E-state index >= 15 is 0 Å². The van der Waals surface area contributed by atoms with Crippen molar-refractivity contribution < 1.29 is 4.79 Å². The first-order valence-corrected chi connectivity index (χ1v) is 10.4. The molecule has 0 unspecified atom stereocenters. The summed E-state index contributed by atoms with van der Waals surface area (Å²) in [4.78, 5) is 17.2. The summed E-state index contributed by atoms with van der Waals surface area (Å²) in [7, 11) is 0. The van der Waals surface area contributed by atoms with Gasteiger partial charge in [0, 0.05) is 31.2 Å². The Balaban J connectivity index is 1.60. The number of hydrogen-bond acceptors (Lipinski definition) is 4. The molecule has 1 fully saturated rings. The molecule has 1 amide bonds. The molecule has 2 heterocycles. The molecule has 0 bridgehead atoms. The molecule has 1 aliphatic rings. The fourth-order valence-corrected chi connectivity index (χ4v) is 3.78. The maximum atomic E-state index is 12.7. The number of aromatic nitrogens is 3. The van der Waals surface area contributed by atoms with Gasteiger partial charge in [-0.15, -0.1) is 5.10 Å². The highest BCUT2D eigenvalue weighted by Crippen LogP contribution is 2.21. The second-order valence-corrected chi connectivity index (χ2v) is 8.69. The van der Waals surface area contributed by atoms with Crippen molar-refractivity contribution in [1.29, 1.82) is 0 Å². The van der Waals surface area contributed by atoms with Crippen molar-refractivity contribution in [3.8, 4) is 0 Å². The summed E-state index contributed by atoms with van der Waals surface area (Å²) in [6, 6.07) is 10.1. The number of rotatable bonds is 6. The maximum absolute atomic E-state index is 12.7. The molecule has 1 saturated heterocycles. The van der Waals surface area contributed by atoms with Crippen LogP contribution in [0, 0.1) is 0 Å². The van der Waals surface area contributed by atoms with E-state index in [4.69, 9.17) is 0 Å². The maximum Gasteiger partial charge on any atom is 0.253 e. The molecule has 1 aromatic carbocycles. The third-order valence-electron chi connectivity index (χ3n) is 5.39. The van der Waals surface area contributed by atoms with Crippen LogP contribution in [0.3, 0.4) is 0 Å². The van der Waals surface area contributed by atoms with E-state index in [2.05, 4.69) is 49.1 Å². The Hall–Kier alpha value is -2.21. The quantitative estimate of drug-likeness (QED) is 0.765. The van der Waals surface area contributed by atoms with Crippen LogP contribution >= 0.6 is 0 Å². The van der Waals surface area contributed by atoms with E-state index in [-0.39, 0.29) is 11.4 Å². The van der Waals surface area contributed by atoms with Crippen molar-refractivity contribution in [3.63, 3.8) is 0 Å². The molecular weight excluding hydrogens is 350 g/mol. The Morgan fingerprint density at radius 1 is 1.18 bits per heavy atom. The number of carbonyl (C=O) groups is 1. The molecule has 0 radical (unpaired) electrons. The van der Waals surface area contributed by atoms with Crippen LogP contribution < -0.4 is 0 Å². The fraction of sp³-hybridized carbons (Fsp3) is 0.591. The lowest BCUT2D eigenvalue weighted by atomic mass is 10.0. The van der Waals surface area contributed by atoms with Gasteiger partial charge in [0.2, 0.25) is 0 Å². The zero-order chi connectivity index (χ0) is 20.1. The standard InChI is InChI=1S/C22H33N5O/c1-5-13-26(16-19-17-27(24-23-19)22(2,3)4)20-11-14-25(15-12-20)21(28)18-9-7-6-8-10-18/h6-10,17,20H,5,11-16H2,1-4H3. The first-order valence-electron chi connectivity index (χ1n) is 10.4. The highest BCUT2D eigenvalue weighted by atomic mass is 16.2. The summed E-state index contributed by atoms with van der Waals surface area (Å²) in [6.45, 7) is 12.1. The topological polar surface area (TPSA) is 54.3 Å². The van der Waals surface area contributed by atoms with E-state index in [0.29, 0.717) is 6.04 Å². The lowest BCUT2D eigenvalue weighted by Crippen LogP contribution is -2.46. The highest BCUT2D eigenvalue weighted by molar-refractivity contribution is 5.94. The minimum absolute atomic E-state index is 0.0516. The van der Waals surface area contributed by atoms with E-state index in [1.165, 1.54) is 0 Å². The molecular formula is C22H33N5O. The number of carbonyl (C=O) groups excluding carboxylic acids is 1. The normalized spacial score (nSPS) is 16.0. The van der Waals surface area contributed by atoms with Gasteiger partial charge in [-0.25, -0.2) is 4.68 Å². The smallest absolute Gasteiger partial charge is 0.253 e. The van der Waals surface area contributed by atoms with Crippen molar-refractivity contribution in [1.82, 2.24) is 24.8 Å². The number of hydrogen-bond donors (Lipinski definition) is 0. The molecule has 0 saturated carbocycles. The Labute approximate surface area is 168 Å². The van der Waals surface area contributed by atoms with Gasteiger partial charge < -0.3 is 4.90 Å². The minimum atomic E-state index is -0.0516. The first kappa shape index (κ1) is 20.5. The second-order valence-electron chi connectivity index (χ2n) is 8.69. The Bertz CT molecular complexity index is 757. The van der Waals surface area contributed by atoms with Gasteiger partial charge in [-0.05, 0) is 58.7 Å². The van der Waals surface area contributed by atoms with Gasteiger partial charge in [0.1, 0.15) is 0 Å². The van der Waals surface area contributed by atoms with E-state index in [1.54, 1.807) is 0 Å². The average Bonchev–Trinajstić information content (AvgIpc) is 3.17. The number of likely N-dealkylation sites (tertiary alicyclic amines) is 1. The van der Waals surface area contributed by atoms with E-state index in [9.17, 15) is 4.79 Å². The predicted molar refractivity (Wildman–Crippen MR) is 111 cm³/mol. The van der Waals surface area contributed by atoms with Crippen LogP contribution in [0.1, 0.15) is 63.0 Å². The molecule has 152 valence electrons. The number of benzene rings is 1. The van der Waals surface area contributed by atoms with Crippen LogP contribution in [-0.2, 0) is 12.1 Å². The summed E-state index contributed by atoms with van der Waals surface area (Å²) in [5.74, 6) is 0.147. The van der Waals surface area contributed by atoms with E-state index in [0.717, 1.165) is 56.7 Å². The molecule has 1 aromatic heterocycles. The molecule has 0 aliphatic carbocycles. The minimum Gasteiger partial charge on any atom is -0.339 e. The third-order valence-corrected chi connectivity index (χ3v) is 5.39. The van der Waals surface area contributed by atoms with Crippen LogP contribution in [0.5, 0.6) is 0 Å². The van der Waals surface area contributed by atoms with Gasteiger partial charge in [-0.2, -0.15) is 0 Å². The molecule has 0 N–H and O–H groups in total. The van der Waals surface area contributed by atoms with Crippen LogP contribution in [0.2, 0.25) is 0 Å². The summed E-state index contributed by atoms with van der Waals surface area (Å²) in [6.07, 6.45) is 5.19. The Morgan fingerprint density at radius 3 is 2.43 bits per heavy atom. The van der Waals surface area contributed by atoms with Gasteiger partial charge in [-0.3, -0.25) is 9.69 Å². The molecule has 3 rings (SSSR count). The monoisotopic (exact) mass is 383 g/mol. The SMILES string of the molecule is CCCN(Cc1cn(C(C)(C)C)nn1)C1CCN(C(=O)c2ccccc2)CC1. The average molecular weight is 384 g/mol. The molecule has 6 heteroatoms. The van der Waals surface area contributed by atoms with Gasteiger partial charge in [0.05, 0.1) is 17.4 Å². The van der Waals surface area contributed by atoms with Gasteiger partial charge in [0.15, 0.2) is 0 Å². The zero-order valence-corrected chi connectivity index (χ0v) is 17.6. The predicted octanol–water partition coefficient (Wildman–Crippen LogP) is 3.55.